The normalized spacial score (nSPS) is 12.7. The quantitative estimate of drug-likeness (QED) is 0.743. The number of nitrogens with two attached hydrogens (primary N) is 1. The molecule has 1 unspecified atom stereocenters. The molecule has 0 spiro atoms. The van der Waals surface area contributed by atoms with Crippen LogP contribution in [-0.4, -0.2) is 6.04 Å². The smallest absolute Gasteiger partial charge is 0.00105 e. The number of unbranched alkanes of at least 4 members (excludes halogenated alkanes) is 1. The fourth-order valence-corrected chi connectivity index (χ4v) is 1.88. The van der Waals surface area contributed by atoms with Crippen LogP contribution in [-0.2, 0) is 12.8 Å². The molecule has 0 aliphatic rings. The van der Waals surface area contributed by atoms with Gasteiger partial charge >= 0.3 is 0 Å². The topological polar surface area (TPSA) is 26.0 Å². The maximum Gasteiger partial charge on any atom is 0.00105 e. The number of rotatable bonds is 7. The minimum Gasteiger partial charge on any atom is -0.328 e. The number of benzene rings is 1. The number of hydrogen-bond donors (Lipinski definition) is 1. The molecule has 0 bridgehead atoms. The van der Waals surface area contributed by atoms with Gasteiger partial charge in [-0.15, -0.1) is 0 Å². The van der Waals surface area contributed by atoms with Gasteiger partial charge in [-0.05, 0) is 50.2 Å². The van der Waals surface area contributed by atoms with Crippen molar-refractivity contribution >= 4 is 0 Å². The summed E-state index contributed by atoms with van der Waals surface area (Å²) in [5, 5.41) is 0. The first kappa shape index (κ1) is 13.2. The van der Waals surface area contributed by atoms with E-state index in [1.807, 2.05) is 0 Å². The lowest BCUT2D eigenvalue weighted by atomic mass is 10.0. The summed E-state index contributed by atoms with van der Waals surface area (Å²) in [6.45, 7) is 4.32. The van der Waals surface area contributed by atoms with Crippen LogP contribution in [0, 0.1) is 0 Å². The summed E-state index contributed by atoms with van der Waals surface area (Å²) < 4.78 is 0. The SMILES string of the molecule is CCCCc1ccc(CCCC(C)N)cc1. The Labute approximate surface area is 100 Å². The molecule has 90 valence electrons. The monoisotopic (exact) mass is 219 g/mol. The van der Waals surface area contributed by atoms with Gasteiger partial charge in [-0.1, -0.05) is 37.6 Å². The maximum atomic E-state index is 5.74. The van der Waals surface area contributed by atoms with Crippen molar-refractivity contribution in [2.75, 3.05) is 0 Å². The van der Waals surface area contributed by atoms with E-state index in [4.69, 9.17) is 5.73 Å². The summed E-state index contributed by atoms with van der Waals surface area (Å²) in [5.41, 5.74) is 8.65. The Kier molecular flexibility index (Phi) is 6.17. The first-order valence-electron chi connectivity index (χ1n) is 6.55. The van der Waals surface area contributed by atoms with E-state index < -0.39 is 0 Å². The minimum atomic E-state index is 0.337. The number of hydrogen-bond acceptors (Lipinski definition) is 1. The van der Waals surface area contributed by atoms with Crippen molar-refractivity contribution in [1.29, 1.82) is 0 Å². The Hall–Kier alpha value is -0.820. The van der Waals surface area contributed by atoms with Crippen molar-refractivity contribution < 1.29 is 0 Å². The number of aryl methyl sites for hydroxylation is 2. The summed E-state index contributed by atoms with van der Waals surface area (Å²) >= 11 is 0. The molecule has 0 aliphatic carbocycles. The van der Waals surface area contributed by atoms with Gasteiger partial charge in [0.2, 0.25) is 0 Å². The zero-order valence-corrected chi connectivity index (χ0v) is 10.7. The highest BCUT2D eigenvalue weighted by molar-refractivity contribution is 5.22. The standard InChI is InChI=1S/C15H25N/c1-3-4-7-14-9-11-15(12-10-14)8-5-6-13(2)16/h9-13H,3-8,16H2,1-2H3. The van der Waals surface area contributed by atoms with E-state index in [1.54, 1.807) is 0 Å². The van der Waals surface area contributed by atoms with E-state index in [0.717, 1.165) is 12.8 Å². The van der Waals surface area contributed by atoms with Gasteiger partial charge in [-0.25, -0.2) is 0 Å². The second kappa shape index (κ2) is 7.45. The van der Waals surface area contributed by atoms with Gasteiger partial charge in [-0.3, -0.25) is 0 Å². The van der Waals surface area contributed by atoms with Crippen molar-refractivity contribution in [1.82, 2.24) is 0 Å². The fourth-order valence-electron chi connectivity index (χ4n) is 1.88. The zero-order chi connectivity index (χ0) is 11.8. The molecule has 1 aromatic carbocycles. The van der Waals surface area contributed by atoms with Gasteiger partial charge in [-0.2, -0.15) is 0 Å². The van der Waals surface area contributed by atoms with Gasteiger partial charge in [0.05, 0.1) is 0 Å². The van der Waals surface area contributed by atoms with E-state index in [-0.39, 0.29) is 0 Å². The molecule has 1 atom stereocenters. The Morgan fingerprint density at radius 2 is 1.50 bits per heavy atom. The second-order valence-corrected chi connectivity index (χ2v) is 4.79. The highest BCUT2D eigenvalue weighted by Crippen LogP contribution is 2.10. The predicted octanol–water partition coefficient (Wildman–Crippen LogP) is 3.70. The van der Waals surface area contributed by atoms with E-state index in [2.05, 4.69) is 38.1 Å². The van der Waals surface area contributed by atoms with Crippen molar-refractivity contribution in [3.63, 3.8) is 0 Å². The average molecular weight is 219 g/mol. The molecule has 1 aromatic rings. The molecular formula is C15H25N. The van der Waals surface area contributed by atoms with E-state index >= 15 is 0 Å². The largest absolute Gasteiger partial charge is 0.328 e. The fraction of sp³-hybridized carbons (Fsp3) is 0.600. The summed E-state index contributed by atoms with van der Waals surface area (Å²) in [4.78, 5) is 0. The first-order valence-corrected chi connectivity index (χ1v) is 6.55. The molecule has 0 heterocycles. The third-order valence-electron chi connectivity index (χ3n) is 2.97. The summed E-state index contributed by atoms with van der Waals surface area (Å²) in [7, 11) is 0. The molecule has 1 rings (SSSR count). The van der Waals surface area contributed by atoms with Gasteiger partial charge in [0.25, 0.3) is 0 Å². The van der Waals surface area contributed by atoms with Crippen molar-refractivity contribution in [3.8, 4) is 0 Å². The molecule has 0 saturated carbocycles. The van der Waals surface area contributed by atoms with Gasteiger partial charge in [0.1, 0.15) is 0 Å². The van der Waals surface area contributed by atoms with E-state index in [0.29, 0.717) is 6.04 Å². The van der Waals surface area contributed by atoms with Crippen LogP contribution < -0.4 is 5.73 Å². The third kappa shape index (κ3) is 5.32. The average Bonchev–Trinajstić information content (AvgIpc) is 2.27. The minimum absolute atomic E-state index is 0.337. The highest BCUT2D eigenvalue weighted by atomic mass is 14.6. The van der Waals surface area contributed by atoms with Gasteiger partial charge in [0.15, 0.2) is 0 Å². The molecule has 0 radical (unpaired) electrons. The van der Waals surface area contributed by atoms with Crippen LogP contribution in [0.3, 0.4) is 0 Å². The summed E-state index contributed by atoms with van der Waals surface area (Å²) in [6.07, 6.45) is 7.27. The molecule has 0 fully saturated rings. The molecule has 0 aliphatic heterocycles. The van der Waals surface area contributed by atoms with Crippen LogP contribution in [0.4, 0.5) is 0 Å². The molecule has 1 heteroatoms. The second-order valence-electron chi connectivity index (χ2n) is 4.79. The summed E-state index contributed by atoms with van der Waals surface area (Å²) in [5.74, 6) is 0. The Balaban J connectivity index is 2.33. The van der Waals surface area contributed by atoms with Crippen molar-refractivity contribution in [2.24, 2.45) is 5.73 Å². The van der Waals surface area contributed by atoms with Crippen LogP contribution in [0.25, 0.3) is 0 Å². The summed E-state index contributed by atoms with van der Waals surface area (Å²) in [6, 6.07) is 9.43. The zero-order valence-electron chi connectivity index (χ0n) is 10.7. The van der Waals surface area contributed by atoms with Crippen molar-refractivity contribution in [2.45, 2.75) is 58.4 Å². The third-order valence-corrected chi connectivity index (χ3v) is 2.97. The Morgan fingerprint density at radius 1 is 1.00 bits per heavy atom. The van der Waals surface area contributed by atoms with Crippen LogP contribution in [0.2, 0.25) is 0 Å². The lowest BCUT2D eigenvalue weighted by Crippen LogP contribution is -2.14. The predicted molar refractivity (Wildman–Crippen MR) is 71.6 cm³/mol. The molecule has 0 amide bonds. The van der Waals surface area contributed by atoms with Crippen LogP contribution in [0.15, 0.2) is 24.3 Å². The molecule has 2 N–H and O–H groups in total. The van der Waals surface area contributed by atoms with Crippen LogP contribution >= 0.6 is 0 Å². The molecule has 16 heavy (non-hydrogen) atoms. The highest BCUT2D eigenvalue weighted by Gasteiger charge is 1.97. The Morgan fingerprint density at radius 3 is 1.94 bits per heavy atom. The molecule has 0 saturated heterocycles. The Bertz CT molecular complexity index is 274. The van der Waals surface area contributed by atoms with E-state index in [1.165, 1.54) is 36.8 Å². The maximum absolute atomic E-state index is 5.74. The lowest BCUT2D eigenvalue weighted by molar-refractivity contribution is 0.624. The van der Waals surface area contributed by atoms with Crippen molar-refractivity contribution in [3.05, 3.63) is 35.4 Å². The van der Waals surface area contributed by atoms with Gasteiger partial charge < -0.3 is 5.73 Å². The lowest BCUT2D eigenvalue weighted by Gasteiger charge is -2.06. The van der Waals surface area contributed by atoms with Crippen LogP contribution in [0.1, 0.15) is 50.7 Å². The first-order chi connectivity index (χ1) is 7.72. The van der Waals surface area contributed by atoms with Gasteiger partial charge in [0, 0.05) is 6.04 Å². The molecule has 1 nitrogen and oxygen atoms in total. The van der Waals surface area contributed by atoms with Crippen LogP contribution in [0.5, 0.6) is 0 Å². The molecule has 0 aromatic heterocycles. The molecular weight excluding hydrogens is 194 g/mol. The van der Waals surface area contributed by atoms with E-state index in [9.17, 15) is 0 Å².